The van der Waals surface area contributed by atoms with Crippen molar-refractivity contribution in [1.82, 2.24) is 0 Å². The highest BCUT2D eigenvalue weighted by Crippen LogP contribution is 2.15. The molecule has 0 bridgehead atoms. The minimum absolute atomic E-state index is 0.345. The van der Waals surface area contributed by atoms with E-state index < -0.39 is 0 Å². The van der Waals surface area contributed by atoms with Crippen molar-refractivity contribution in [2.45, 2.75) is 19.9 Å². The van der Waals surface area contributed by atoms with Crippen molar-refractivity contribution < 1.29 is 0 Å². The maximum atomic E-state index is 5.48. The molecule has 1 unspecified atom stereocenters. The zero-order valence-electron chi connectivity index (χ0n) is 5.81. The molecular weight excluding hydrogens is 110 g/mol. The van der Waals surface area contributed by atoms with Gasteiger partial charge in [-0.05, 0) is 13.8 Å². The highest BCUT2D eigenvalue weighted by molar-refractivity contribution is 5.15. The van der Waals surface area contributed by atoms with Crippen molar-refractivity contribution in [2.75, 3.05) is 0 Å². The lowest BCUT2D eigenvalue weighted by Crippen LogP contribution is -2.34. The van der Waals surface area contributed by atoms with Crippen LogP contribution in [0.5, 0.6) is 0 Å². The maximum Gasteiger partial charge on any atom is 0.0824 e. The topological polar surface area (TPSA) is 26.0 Å². The van der Waals surface area contributed by atoms with E-state index in [9.17, 15) is 0 Å². The van der Waals surface area contributed by atoms with Gasteiger partial charge >= 0.3 is 0 Å². The molecule has 1 atom stereocenters. The Kier molecular flexibility index (Phi) is 2.31. The lowest BCUT2D eigenvalue weighted by atomic mass is 9.87. The minimum atomic E-state index is -0.380. The molecular formula is C8H11N. The largest absolute Gasteiger partial charge is 0.316 e. The molecule has 1 heteroatoms. The Morgan fingerprint density at radius 2 is 1.89 bits per heavy atom. The van der Waals surface area contributed by atoms with Crippen LogP contribution in [0, 0.1) is 30.1 Å². The van der Waals surface area contributed by atoms with Crippen LogP contribution in [0.3, 0.4) is 0 Å². The van der Waals surface area contributed by atoms with Crippen molar-refractivity contribution in [3.8, 4) is 24.7 Å². The van der Waals surface area contributed by atoms with Crippen molar-refractivity contribution in [3.63, 3.8) is 0 Å². The van der Waals surface area contributed by atoms with E-state index in [1.54, 1.807) is 0 Å². The third-order valence-corrected chi connectivity index (χ3v) is 1.33. The van der Waals surface area contributed by atoms with E-state index in [-0.39, 0.29) is 11.5 Å². The molecule has 0 aromatic rings. The van der Waals surface area contributed by atoms with Gasteiger partial charge in [0.2, 0.25) is 0 Å². The number of hydrogen-bond donors (Lipinski definition) is 1. The molecule has 0 aromatic heterocycles. The Bertz CT molecular complexity index is 166. The smallest absolute Gasteiger partial charge is 0.0824 e. The molecule has 0 aliphatic heterocycles. The van der Waals surface area contributed by atoms with Gasteiger partial charge in [-0.1, -0.05) is 11.8 Å². The Balaban J connectivity index is 4.23. The van der Waals surface area contributed by atoms with Gasteiger partial charge in [0, 0.05) is 0 Å². The summed E-state index contributed by atoms with van der Waals surface area (Å²) in [6.45, 7) is 3.69. The molecule has 0 aromatic carbocycles. The number of hydrogen-bond acceptors (Lipinski definition) is 1. The van der Waals surface area contributed by atoms with Crippen LogP contribution in [0.2, 0.25) is 0 Å². The number of terminal acetylenes is 2. The fourth-order valence-corrected chi connectivity index (χ4v) is 0.298. The third kappa shape index (κ3) is 1.80. The second-order valence-electron chi connectivity index (χ2n) is 2.51. The van der Waals surface area contributed by atoms with Crippen molar-refractivity contribution >= 4 is 0 Å². The Morgan fingerprint density at radius 1 is 1.44 bits per heavy atom. The van der Waals surface area contributed by atoms with Crippen molar-refractivity contribution in [3.05, 3.63) is 0 Å². The summed E-state index contributed by atoms with van der Waals surface area (Å²) >= 11 is 0. The molecule has 1 nitrogen and oxygen atoms in total. The zero-order valence-corrected chi connectivity index (χ0v) is 5.81. The summed E-state index contributed by atoms with van der Waals surface area (Å²) in [6, 6.07) is -0.345. The van der Waals surface area contributed by atoms with Crippen molar-refractivity contribution in [1.29, 1.82) is 0 Å². The van der Waals surface area contributed by atoms with E-state index in [0.29, 0.717) is 0 Å². The van der Waals surface area contributed by atoms with E-state index in [1.165, 1.54) is 0 Å². The number of nitrogens with two attached hydrogens (primary N) is 1. The molecule has 0 heterocycles. The Morgan fingerprint density at radius 3 is 2.00 bits per heavy atom. The molecule has 0 aliphatic carbocycles. The summed E-state index contributed by atoms with van der Waals surface area (Å²) in [5.41, 5.74) is 5.10. The molecule has 0 saturated heterocycles. The van der Waals surface area contributed by atoms with Crippen LogP contribution < -0.4 is 5.73 Å². The molecule has 0 fully saturated rings. The van der Waals surface area contributed by atoms with Gasteiger partial charge in [-0.25, -0.2) is 0 Å². The minimum Gasteiger partial charge on any atom is -0.316 e. The molecule has 0 aliphatic rings. The lowest BCUT2D eigenvalue weighted by Gasteiger charge is -2.20. The second-order valence-corrected chi connectivity index (χ2v) is 2.51. The highest BCUT2D eigenvalue weighted by atomic mass is 14.6. The quantitative estimate of drug-likeness (QED) is 0.505. The summed E-state index contributed by atoms with van der Waals surface area (Å²) in [4.78, 5) is 0. The molecule has 0 rings (SSSR count). The summed E-state index contributed by atoms with van der Waals surface area (Å²) in [5, 5.41) is 0. The third-order valence-electron chi connectivity index (χ3n) is 1.33. The van der Waals surface area contributed by atoms with Crippen LogP contribution in [0.25, 0.3) is 0 Å². The second kappa shape index (κ2) is 2.58. The first-order valence-corrected chi connectivity index (χ1v) is 2.74. The van der Waals surface area contributed by atoms with E-state index in [2.05, 4.69) is 11.8 Å². The molecule has 2 N–H and O–H groups in total. The SMILES string of the molecule is C#CC(N)C(C)(C)C#C. The van der Waals surface area contributed by atoms with Gasteiger partial charge in [-0.2, -0.15) is 0 Å². The van der Waals surface area contributed by atoms with Gasteiger partial charge in [0.05, 0.1) is 11.5 Å². The average molecular weight is 121 g/mol. The Labute approximate surface area is 56.6 Å². The monoisotopic (exact) mass is 121 g/mol. The van der Waals surface area contributed by atoms with Crippen LogP contribution in [-0.4, -0.2) is 6.04 Å². The standard InChI is InChI=1S/C8H11N/c1-5-7(9)8(3,4)6-2/h1-2,7H,9H2,3-4H3. The Hall–Kier alpha value is -0.920. The van der Waals surface area contributed by atoms with Crippen molar-refractivity contribution in [2.24, 2.45) is 11.1 Å². The summed E-state index contributed by atoms with van der Waals surface area (Å²) in [6.07, 6.45) is 10.2. The van der Waals surface area contributed by atoms with Gasteiger partial charge in [0.15, 0.2) is 0 Å². The average Bonchev–Trinajstić information content (AvgIpc) is 1.86. The van der Waals surface area contributed by atoms with Gasteiger partial charge < -0.3 is 5.73 Å². The predicted octanol–water partition coefficient (Wildman–Crippen LogP) is 0.606. The highest BCUT2D eigenvalue weighted by Gasteiger charge is 2.20. The van der Waals surface area contributed by atoms with Gasteiger partial charge in [-0.15, -0.1) is 12.8 Å². The zero-order chi connectivity index (χ0) is 7.49. The molecule has 0 saturated carbocycles. The first-order chi connectivity index (χ1) is 4.04. The first kappa shape index (κ1) is 8.08. The van der Waals surface area contributed by atoms with Crippen LogP contribution in [0.15, 0.2) is 0 Å². The van der Waals surface area contributed by atoms with Gasteiger partial charge in [0.1, 0.15) is 0 Å². The lowest BCUT2D eigenvalue weighted by molar-refractivity contribution is 0.456. The van der Waals surface area contributed by atoms with E-state index >= 15 is 0 Å². The van der Waals surface area contributed by atoms with Crippen LogP contribution >= 0.6 is 0 Å². The number of rotatable bonds is 1. The fourth-order valence-electron chi connectivity index (χ4n) is 0.298. The normalized spacial score (nSPS) is 13.4. The fraction of sp³-hybridized carbons (Fsp3) is 0.500. The van der Waals surface area contributed by atoms with E-state index in [4.69, 9.17) is 18.6 Å². The van der Waals surface area contributed by atoms with Crippen LogP contribution in [0.1, 0.15) is 13.8 Å². The van der Waals surface area contributed by atoms with E-state index in [0.717, 1.165) is 0 Å². The molecule has 48 valence electrons. The van der Waals surface area contributed by atoms with E-state index in [1.807, 2.05) is 13.8 Å². The molecule has 9 heavy (non-hydrogen) atoms. The summed E-state index contributed by atoms with van der Waals surface area (Å²) < 4.78 is 0. The van der Waals surface area contributed by atoms with Crippen LogP contribution in [0.4, 0.5) is 0 Å². The molecule has 0 amide bonds. The van der Waals surface area contributed by atoms with Gasteiger partial charge in [0.25, 0.3) is 0 Å². The van der Waals surface area contributed by atoms with Crippen LogP contribution in [-0.2, 0) is 0 Å². The summed E-state index contributed by atoms with van der Waals surface area (Å²) in [7, 11) is 0. The maximum absolute atomic E-state index is 5.48. The van der Waals surface area contributed by atoms with Gasteiger partial charge in [-0.3, -0.25) is 0 Å². The predicted molar refractivity (Wildman–Crippen MR) is 39.4 cm³/mol. The molecule has 0 radical (unpaired) electrons. The first-order valence-electron chi connectivity index (χ1n) is 2.74. The summed E-state index contributed by atoms with van der Waals surface area (Å²) in [5.74, 6) is 4.92. The molecule has 0 spiro atoms.